The highest BCUT2D eigenvalue weighted by Gasteiger charge is 1.93. The fourth-order valence-corrected chi connectivity index (χ4v) is 1.16. The molecule has 0 radical (unpaired) electrons. The number of isothiocyanates is 1. The van der Waals surface area contributed by atoms with Crippen LogP contribution in [0.2, 0.25) is 0 Å². The minimum Gasteiger partial charge on any atom is -0.194 e. The fourth-order valence-electron chi connectivity index (χ4n) is 0.959. The van der Waals surface area contributed by atoms with E-state index in [2.05, 4.69) is 35.0 Å². The molecule has 0 aliphatic heterocycles. The second kappa shape index (κ2) is 5.70. The molecule has 1 nitrogen and oxygen atoms in total. The predicted octanol–water partition coefficient (Wildman–Crippen LogP) is 3.36. The number of para-hydroxylation sites is 1. The van der Waals surface area contributed by atoms with Crippen LogP contribution >= 0.6 is 24.8 Å². The van der Waals surface area contributed by atoms with Crippen LogP contribution in [0.4, 0.5) is 5.69 Å². The average Bonchev–Trinajstić information content (AvgIpc) is 2.17. The Hall–Kier alpha value is -0.890. The van der Waals surface area contributed by atoms with Crippen LogP contribution < -0.4 is 0 Å². The molecule has 0 unspecified atom stereocenters. The molecule has 3 heteroatoms. The van der Waals surface area contributed by atoms with Gasteiger partial charge in [-0.05, 0) is 18.3 Å². The standard InChI is InChI=1S/C10H9NS2/c12-7-3-5-9-4-1-2-6-10(9)11-8-13/h1-6,12H,7H2. The van der Waals surface area contributed by atoms with E-state index >= 15 is 0 Å². The first-order valence-electron chi connectivity index (χ1n) is 3.83. The lowest BCUT2D eigenvalue weighted by Crippen LogP contribution is -1.73. The number of hydrogen-bond acceptors (Lipinski definition) is 3. The van der Waals surface area contributed by atoms with E-state index in [9.17, 15) is 0 Å². The molecule has 0 bridgehead atoms. The summed E-state index contributed by atoms with van der Waals surface area (Å²) in [6.07, 6.45) is 3.93. The molecule has 0 N–H and O–H groups in total. The molecule has 0 aromatic heterocycles. The van der Waals surface area contributed by atoms with Gasteiger partial charge in [-0.25, -0.2) is 0 Å². The summed E-state index contributed by atoms with van der Waals surface area (Å²) >= 11 is 8.63. The van der Waals surface area contributed by atoms with Gasteiger partial charge in [-0.3, -0.25) is 0 Å². The molecule has 13 heavy (non-hydrogen) atoms. The molecule has 0 atom stereocenters. The lowest BCUT2D eigenvalue weighted by Gasteiger charge is -1.96. The second-order valence-corrected chi connectivity index (χ2v) is 2.89. The third-order valence-electron chi connectivity index (χ3n) is 1.51. The first-order valence-corrected chi connectivity index (χ1v) is 4.87. The SMILES string of the molecule is S=C=Nc1ccccc1C=CCS. The highest BCUT2D eigenvalue weighted by molar-refractivity contribution is 7.80. The zero-order valence-corrected chi connectivity index (χ0v) is 8.68. The van der Waals surface area contributed by atoms with Crippen LogP contribution in [-0.2, 0) is 0 Å². The maximum Gasteiger partial charge on any atom is 0.0811 e. The van der Waals surface area contributed by atoms with E-state index in [1.54, 1.807) is 0 Å². The van der Waals surface area contributed by atoms with E-state index in [0.29, 0.717) is 0 Å². The maximum absolute atomic E-state index is 4.55. The summed E-state index contributed by atoms with van der Waals surface area (Å²) in [4.78, 5) is 3.95. The van der Waals surface area contributed by atoms with Crippen molar-refractivity contribution in [3.05, 3.63) is 35.9 Å². The van der Waals surface area contributed by atoms with Gasteiger partial charge < -0.3 is 0 Å². The van der Waals surface area contributed by atoms with Crippen molar-refractivity contribution in [3.63, 3.8) is 0 Å². The number of thiocarbonyl (C=S) groups is 1. The van der Waals surface area contributed by atoms with Gasteiger partial charge in [0.05, 0.1) is 10.8 Å². The van der Waals surface area contributed by atoms with Crippen molar-refractivity contribution < 1.29 is 0 Å². The van der Waals surface area contributed by atoms with Crippen molar-refractivity contribution in [1.29, 1.82) is 0 Å². The summed E-state index contributed by atoms with van der Waals surface area (Å²) in [5, 5.41) is 2.36. The Morgan fingerprint density at radius 2 is 2.23 bits per heavy atom. The number of thiol groups is 1. The lowest BCUT2D eigenvalue weighted by molar-refractivity contribution is 1.52. The largest absolute Gasteiger partial charge is 0.194 e. The molecule has 66 valence electrons. The Kier molecular flexibility index (Phi) is 4.47. The smallest absolute Gasteiger partial charge is 0.0811 e. The van der Waals surface area contributed by atoms with Gasteiger partial charge in [0.15, 0.2) is 0 Å². The highest BCUT2D eigenvalue weighted by atomic mass is 32.1. The van der Waals surface area contributed by atoms with Gasteiger partial charge in [0.1, 0.15) is 0 Å². The van der Waals surface area contributed by atoms with Crippen molar-refractivity contribution in [2.75, 3.05) is 5.75 Å². The van der Waals surface area contributed by atoms with E-state index in [-0.39, 0.29) is 0 Å². The van der Waals surface area contributed by atoms with Gasteiger partial charge >= 0.3 is 0 Å². The Morgan fingerprint density at radius 3 is 2.92 bits per heavy atom. The minimum absolute atomic E-state index is 0.718. The third kappa shape index (κ3) is 3.15. The summed E-state index contributed by atoms with van der Waals surface area (Å²) in [7, 11) is 0. The molecule has 0 aliphatic rings. The van der Waals surface area contributed by atoms with Crippen molar-refractivity contribution in [2.45, 2.75) is 0 Å². The number of benzene rings is 1. The lowest BCUT2D eigenvalue weighted by atomic mass is 10.2. The average molecular weight is 207 g/mol. The maximum atomic E-state index is 4.55. The van der Waals surface area contributed by atoms with Crippen LogP contribution in [0.1, 0.15) is 5.56 Å². The van der Waals surface area contributed by atoms with Crippen molar-refractivity contribution >= 4 is 41.8 Å². The van der Waals surface area contributed by atoms with Crippen molar-refractivity contribution in [1.82, 2.24) is 0 Å². The van der Waals surface area contributed by atoms with Crippen LogP contribution in [-0.4, -0.2) is 10.9 Å². The van der Waals surface area contributed by atoms with E-state index in [0.717, 1.165) is 17.0 Å². The molecule has 0 heterocycles. The first-order chi connectivity index (χ1) is 6.38. The molecule has 0 saturated heterocycles. The minimum atomic E-state index is 0.718. The predicted molar refractivity (Wildman–Crippen MR) is 64.0 cm³/mol. The first kappa shape index (κ1) is 10.2. The number of hydrogen-bond donors (Lipinski definition) is 1. The molecule has 0 spiro atoms. The molecule has 1 aromatic rings. The number of nitrogens with zero attached hydrogens (tertiary/aromatic N) is 1. The zero-order chi connectivity index (χ0) is 9.52. The van der Waals surface area contributed by atoms with Crippen LogP contribution in [0.5, 0.6) is 0 Å². The molecular formula is C10H9NS2. The summed E-state index contributed by atoms with van der Waals surface area (Å²) in [5.41, 5.74) is 1.88. The Balaban J connectivity index is 3.04. The topological polar surface area (TPSA) is 12.4 Å². The second-order valence-electron chi connectivity index (χ2n) is 2.35. The van der Waals surface area contributed by atoms with E-state index in [1.807, 2.05) is 36.4 Å². The Labute approximate surface area is 88.6 Å². The van der Waals surface area contributed by atoms with Gasteiger partial charge in [0.25, 0.3) is 0 Å². The van der Waals surface area contributed by atoms with Crippen molar-refractivity contribution in [2.24, 2.45) is 4.99 Å². The molecule has 1 rings (SSSR count). The third-order valence-corrected chi connectivity index (χ3v) is 1.81. The van der Waals surface area contributed by atoms with Crippen LogP contribution in [0.3, 0.4) is 0 Å². The highest BCUT2D eigenvalue weighted by Crippen LogP contribution is 2.19. The van der Waals surface area contributed by atoms with Crippen LogP contribution in [0, 0.1) is 0 Å². The summed E-state index contributed by atoms with van der Waals surface area (Å²) < 4.78 is 0. The number of rotatable bonds is 3. The molecule has 0 amide bonds. The van der Waals surface area contributed by atoms with Gasteiger partial charge in [0.2, 0.25) is 0 Å². The summed E-state index contributed by atoms with van der Waals surface area (Å²) in [5.74, 6) is 0.718. The van der Waals surface area contributed by atoms with Gasteiger partial charge in [-0.2, -0.15) is 17.6 Å². The quantitative estimate of drug-likeness (QED) is 0.455. The van der Waals surface area contributed by atoms with E-state index < -0.39 is 0 Å². The summed E-state index contributed by atoms with van der Waals surface area (Å²) in [6, 6.07) is 7.76. The molecule has 1 aromatic carbocycles. The molecular weight excluding hydrogens is 198 g/mol. The summed E-state index contributed by atoms with van der Waals surface area (Å²) in [6.45, 7) is 0. The Bertz CT molecular complexity index is 352. The van der Waals surface area contributed by atoms with Crippen molar-refractivity contribution in [3.8, 4) is 0 Å². The Morgan fingerprint density at radius 1 is 1.46 bits per heavy atom. The number of aliphatic imine (C=N–C) groups is 1. The van der Waals surface area contributed by atoms with Crippen LogP contribution in [0.15, 0.2) is 35.3 Å². The van der Waals surface area contributed by atoms with E-state index in [4.69, 9.17) is 0 Å². The molecule has 0 fully saturated rings. The van der Waals surface area contributed by atoms with Gasteiger partial charge in [-0.1, -0.05) is 30.4 Å². The molecule has 0 aliphatic carbocycles. The van der Waals surface area contributed by atoms with Crippen LogP contribution in [0.25, 0.3) is 6.08 Å². The van der Waals surface area contributed by atoms with E-state index in [1.165, 1.54) is 0 Å². The zero-order valence-electron chi connectivity index (χ0n) is 6.97. The van der Waals surface area contributed by atoms with Gasteiger partial charge in [-0.15, -0.1) is 0 Å². The molecule has 0 saturated carbocycles. The van der Waals surface area contributed by atoms with Gasteiger partial charge in [0, 0.05) is 11.3 Å². The normalized spacial score (nSPS) is 9.92. The monoisotopic (exact) mass is 207 g/mol. The fraction of sp³-hybridized carbons (Fsp3) is 0.100.